The molecule has 2 aromatic heterocycles. The van der Waals surface area contributed by atoms with Crippen LogP contribution >= 0.6 is 0 Å². The van der Waals surface area contributed by atoms with E-state index in [4.69, 9.17) is 4.98 Å². The summed E-state index contributed by atoms with van der Waals surface area (Å²) in [7, 11) is 0. The summed E-state index contributed by atoms with van der Waals surface area (Å²) in [6, 6.07) is 15.0. The highest BCUT2D eigenvalue weighted by molar-refractivity contribution is 6.00. The molecule has 0 amide bonds. The molecule has 0 saturated heterocycles. The van der Waals surface area contributed by atoms with Crippen LogP contribution in [0.2, 0.25) is 0 Å². The molecule has 0 unspecified atom stereocenters. The minimum Gasteiger partial charge on any atom is -0.296 e. The van der Waals surface area contributed by atoms with Crippen molar-refractivity contribution in [3.63, 3.8) is 0 Å². The quantitative estimate of drug-likeness (QED) is 0.453. The molecule has 4 aromatic rings. The second kappa shape index (κ2) is 3.83. The van der Waals surface area contributed by atoms with Crippen LogP contribution in [0.25, 0.3) is 27.5 Å². The van der Waals surface area contributed by atoms with E-state index in [0.717, 1.165) is 11.2 Å². The molecule has 0 aliphatic heterocycles. The highest BCUT2D eigenvalue weighted by atomic mass is 15.0. The fourth-order valence-corrected chi connectivity index (χ4v) is 3.07. The van der Waals surface area contributed by atoms with Gasteiger partial charge in [0, 0.05) is 11.1 Å². The predicted octanol–water partition coefficient (Wildman–Crippen LogP) is 4.57. The van der Waals surface area contributed by atoms with Crippen molar-refractivity contribution in [3.05, 3.63) is 59.3 Å². The number of pyridine rings is 1. The second-order valence-electron chi connectivity index (χ2n) is 5.52. The molecule has 0 N–H and O–H groups in total. The van der Waals surface area contributed by atoms with Crippen molar-refractivity contribution in [3.8, 4) is 0 Å². The summed E-state index contributed by atoms with van der Waals surface area (Å²) in [5, 5.41) is 2.52. The van der Waals surface area contributed by atoms with Crippen LogP contribution in [-0.2, 0) is 0 Å². The van der Waals surface area contributed by atoms with Crippen LogP contribution in [0.3, 0.4) is 0 Å². The lowest BCUT2D eigenvalue weighted by atomic mass is 10.1. The SMILES string of the molecule is Cc1ccc2nc3c4ccccc4c(C)c(C)n3c2c1. The van der Waals surface area contributed by atoms with Crippen molar-refractivity contribution in [2.24, 2.45) is 0 Å². The third-order valence-electron chi connectivity index (χ3n) is 4.26. The van der Waals surface area contributed by atoms with Crippen molar-refractivity contribution in [2.75, 3.05) is 0 Å². The van der Waals surface area contributed by atoms with Crippen LogP contribution in [0.1, 0.15) is 16.8 Å². The van der Waals surface area contributed by atoms with Gasteiger partial charge in [0.05, 0.1) is 11.0 Å². The number of aryl methyl sites for hydroxylation is 3. The molecule has 0 radical (unpaired) electrons. The molecule has 0 spiro atoms. The number of benzene rings is 2. The first-order valence-corrected chi connectivity index (χ1v) is 6.93. The molecule has 2 heterocycles. The smallest absolute Gasteiger partial charge is 0.146 e. The number of nitrogens with zero attached hydrogens (tertiary/aromatic N) is 2. The average molecular weight is 260 g/mol. The van der Waals surface area contributed by atoms with Crippen LogP contribution in [0.5, 0.6) is 0 Å². The number of hydrogen-bond acceptors (Lipinski definition) is 1. The van der Waals surface area contributed by atoms with Gasteiger partial charge in [-0.3, -0.25) is 4.40 Å². The van der Waals surface area contributed by atoms with Crippen molar-refractivity contribution in [1.29, 1.82) is 0 Å². The van der Waals surface area contributed by atoms with Gasteiger partial charge < -0.3 is 0 Å². The molecule has 98 valence electrons. The molecule has 4 rings (SSSR count). The minimum absolute atomic E-state index is 1.06. The molecule has 20 heavy (non-hydrogen) atoms. The van der Waals surface area contributed by atoms with Gasteiger partial charge in [-0.25, -0.2) is 4.98 Å². The Hall–Kier alpha value is -2.35. The second-order valence-corrected chi connectivity index (χ2v) is 5.52. The number of imidazole rings is 1. The van der Waals surface area contributed by atoms with E-state index in [0.29, 0.717) is 0 Å². The normalized spacial score (nSPS) is 11.8. The van der Waals surface area contributed by atoms with Gasteiger partial charge in [-0.1, -0.05) is 30.3 Å². The first-order valence-electron chi connectivity index (χ1n) is 6.93. The standard InChI is InChI=1S/C18H16N2/c1-11-8-9-16-17(10-11)20-13(3)12(2)14-6-4-5-7-15(14)18(20)19-16/h4-10H,1-3H3. The van der Waals surface area contributed by atoms with Crippen molar-refractivity contribution >= 4 is 27.5 Å². The third kappa shape index (κ3) is 1.36. The molecule has 0 aliphatic rings. The van der Waals surface area contributed by atoms with E-state index in [1.54, 1.807) is 0 Å². The van der Waals surface area contributed by atoms with E-state index in [2.05, 4.69) is 67.6 Å². The lowest BCUT2D eigenvalue weighted by molar-refractivity contribution is 1.11. The molecular weight excluding hydrogens is 244 g/mol. The lowest BCUT2D eigenvalue weighted by Crippen LogP contribution is -1.97. The molecular formula is C18H16N2. The summed E-state index contributed by atoms with van der Waals surface area (Å²) >= 11 is 0. The first-order chi connectivity index (χ1) is 9.66. The highest BCUT2D eigenvalue weighted by Crippen LogP contribution is 2.29. The first kappa shape index (κ1) is 11.5. The summed E-state index contributed by atoms with van der Waals surface area (Å²) in [5.74, 6) is 0. The van der Waals surface area contributed by atoms with Gasteiger partial charge in [0.1, 0.15) is 5.65 Å². The fourth-order valence-electron chi connectivity index (χ4n) is 3.07. The Morgan fingerprint density at radius 2 is 1.65 bits per heavy atom. The zero-order chi connectivity index (χ0) is 13.9. The molecule has 0 aliphatic carbocycles. The summed E-state index contributed by atoms with van der Waals surface area (Å²) in [5.41, 5.74) is 7.19. The highest BCUT2D eigenvalue weighted by Gasteiger charge is 2.13. The lowest BCUT2D eigenvalue weighted by Gasteiger charge is -2.10. The zero-order valence-electron chi connectivity index (χ0n) is 11.9. The van der Waals surface area contributed by atoms with Gasteiger partial charge in [0.25, 0.3) is 0 Å². The molecule has 0 saturated carbocycles. The largest absolute Gasteiger partial charge is 0.296 e. The maximum Gasteiger partial charge on any atom is 0.146 e. The van der Waals surface area contributed by atoms with Gasteiger partial charge in [-0.2, -0.15) is 0 Å². The number of rotatable bonds is 0. The van der Waals surface area contributed by atoms with E-state index in [1.807, 2.05) is 0 Å². The Morgan fingerprint density at radius 3 is 2.45 bits per heavy atom. The van der Waals surface area contributed by atoms with E-state index in [1.165, 1.54) is 33.1 Å². The van der Waals surface area contributed by atoms with Crippen LogP contribution in [0.15, 0.2) is 42.5 Å². The summed E-state index contributed by atoms with van der Waals surface area (Å²) in [6.07, 6.45) is 0. The Kier molecular flexibility index (Phi) is 2.19. The summed E-state index contributed by atoms with van der Waals surface area (Å²) < 4.78 is 2.29. The van der Waals surface area contributed by atoms with Crippen molar-refractivity contribution < 1.29 is 0 Å². The monoisotopic (exact) mass is 260 g/mol. The number of aromatic nitrogens is 2. The van der Waals surface area contributed by atoms with E-state index >= 15 is 0 Å². The van der Waals surface area contributed by atoms with Gasteiger partial charge in [0.2, 0.25) is 0 Å². The van der Waals surface area contributed by atoms with Gasteiger partial charge in [0.15, 0.2) is 0 Å². The Morgan fingerprint density at radius 1 is 0.900 bits per heavy atom. The van der Waals surface area contributed by atoms with Crippen molar-refractivity contribution in [2.45, 2.75) is 20.8 Å². The van der Waals surface area contributed by atoms with Crippen LogP contribution in [-0.4, -0.2) is 9.38 Å². The number of hydrogen-bond donors (Lipinski definition) is 0. The van der Waals surface area contributed by atoms with E-state index in [9.17, 15) is 0 Å². The third-order valence-corrected chi connectivity index (χ3v) is 4.26. The molecule has 0 atom stereocenters. The molecule has 0 fully saturated rings. The summed E-state index contributed by atoms with van der Waals surface area (Å²) in [4.78, 5) is 4.85. The number of fused-ring (bicyclic) bond motifs is 5. The molecule has 2 aromatic carbocycles. The topological polar surface area (TPSA) is 17.3 Å². The van der Waals surface area contributed by atoms with Crippen LogP contribution in [0, 0.1) is 20.8 Å². The van der Waals surface area contributed by atoms with Crippen molar-refractivity contribution in [1.82, 2.24) is 9.38 Å². The molecule has 0 bridgehead atoms. The van der Waals surface area contributed by atoms with Crippen LogP contribution < -0.4 is 0 Å². The maximum absolute atomic E-state index is 4.85. The Balaban J connectivity index is 2.38. The van der Waals surface area contributed by atoms with Crippen LogP contribution in [0.4, 0.5) is 0 Å². The zero-order valence-corrected chi connectivity index (χ0v) is 11.9. The van der Waals surface area contributed by atoms with Gasteiger partial charge in [-0.15, -0.1) is 0 Å². The van der Waals surface area contributed by atoms with Gasteiger partial charge in [-0.05, 0) is 49.4 Å². The fraction of sp³-hybridized carbons (Fsp3) is 0.167. The van der Waals surface area contributed by atoms with E-state index < -0.39 is 0 Å². The average Bonchev–Trinajstić information content (AvgIpc) is 2.83. The van der Waals surface area contributed by atoms with E-state index in [-0.39, 0.29) is 0 Å². The predicted molar refractivity (Wildman–Crippen MR) is 84.4 cm³/mol. The minimum atomic E-state index is 1.06. The molecule has 2 nitrogen and oxygen atoms in total. The Bertz CT molecular complexity index is 977. The summed E-state index contributed by atoms with van der Waals surface area (Å²) in [6.45, 7) is 6.50. The van der Waals surface area contributed by atoms with Gasteiger partial charge >= 0.3 is 0 Å². The Labute approximate surface area is 117 Å². The maximum atomic E-state index is 4.85. The molecule has 2 heteroatoms.